The summed E-state index contributed by atoms with van der Waals surface area (Å²) in [5.41, 5.74) is 3.60. The van der Waals surface area contributed by atoms with Crippen LogP contribution in [-0.2, 0) is 6.54 Å². The molecule has 1 aromatic heterocycles. The van der Waals surface area contributed by atoms with Crippen LogP contribution in [0.5, 0.6) is 0 Å². The van der Waals surface area contributed by atoms with Gasteiger partial charge in [0.1, 0.15) is 0 Å². The third-order valence-electron chi connectivity index (χ3n) is 5.09. The summed E-state index contributed by atoms with van der Waals surface area (Å²) in [6.45, 7) is 5.60. The Morgan fingerprint density at radius 2 is 2.05 bits per heavy atom. The van der Waals surface area contributed by atoms with Gasteiger partial charge in [0.25, 0.3) is 0 Å². The summed E-state index contributed by atoms with van der Waals surface area (Å²) in [6, 6.07) is 11.1. The van der Waals surface area contributed by atoms with Crippen molar-refractivity contribution in [2.24, 2.45) is 11.8 Å². The van der Waals surface area contributed by atoms with Crippen molar-refractivity contribution < 1.29 is 0 Å². The average molecular weight is 283 g/mol. The molecule has 2 aromatic rings. The zero-order chi connectivity index (χ0) is 14.7. The molecule has 2 N–H and O–H groups in total. The molecule has 112 valence electrons. The number of H-pyrrole nitrogens is 1. The number of hydrogen-bond donors (Lipinski definition) is 2. The minimum atomic E-state index is 0.647. The normalized spacial score (nSPS) is 25.3. The Labute approximate surface area is 127 Å². The fraction of sp³-hybridized carbons (Fsp3) is 0.500. The number of nitrogens with one attached hydrogen (secondary N) is 2. The molecule has 3 atom stereocenters. The molecule has 21 heavy (non-hydrogen) atoms. The second-order valence-corrected chi connectivity index (χ2v) is 6.23. The van der Waals surface area contributed by atoms with Crippen LogP contribution in [-0.4, -0.2) is 16.2 Å². The zero-order valence-electron chi connectivity index (χ0n) is 13.0. The van der Waals surface area contributed by atoms with Crippen molar-refractivity contribution in [2.45, 2.75) is 45.7 Å². The summed E-state index contributed by atoms with van der Waals surface area (Å²) in [5, 5.41) is 11.1. The van der Waals surface area contributed by atoms with Crippen LogP contribution in [0.1, 0.15) is 38.7 Å². The van der Waals surface area contributed by atoms with E-state index in [1.54, 1.807) is 0 Å². The molecule has 1 aliphatic rings. The maximum atomic E-state index is 4.23. The average Bonchev–Trinajstić information content (AvgIpc) is 3.12. The van der Waals surface area contributed by atoms with Gasteiger partial charge in [-0.15, -0.1) is 0 Å². The number of benzene rings is 1. The van der Waals surface area contributed by atoms with Crippen LogP contribution in [0.2, 0.25) is 0 Å². The second-order valence-electron chi connectivity index (χ2n) is 6.23. The first-order chi connectivity index (χ1) is 10.3. The lowest BCUT2D eigenvalue weighted by Gasteiger charge is -2.21. The summed E-state index contributed by atoms with van der Waals surface area (Å²) in [7, 11) is 0. The van der Waals surface area contributed by atoms with E-state index in [0.717, 1.165) is 24.1 Å². The predicted octanol–water partition coefficient (Wildman–Crippen LogP) is 3.99. The van der Waals surface area contributed by atoms with Crippen molar-refractivity contribution in [3.63, 3.8) is 0 Å². The predicted molar refractivity (Wildman–Crippen MR) is 86.8 cm³/mol. The van der Waals surface area contributed by atoms with Crippen molar-refractivity contribution in [3.05, 3.63) is 42.1 Å². The lowest BCUT2D eigenvalue weighted by Crippen LogP contribution is -2.32. The van der Waals surface area contributed by atoms with Gasteiger partial charge in [0, 0.05) is 18.2 Å². The van der Waals surface area contributed by atoms with Crippen LogP contribution in [0.3, 0.4) is 0 Å². The molecule has 1 aliphatic carbocycles. The van der Waals surface area contributed by atoms with Crippen LogP contribution < -0.4 is 5.32 Å². The molecule has 3 heteroatoms. The second kappa shape index (κ2) is 6.44. The topological polar surface area (TPSA) is 40.7 Å². The molecule has 0 saturated heterocycles. The molecule has 3 unspecified atom stereocenters. The number of hydrogen-bond acceptors (Lipinski definition) is 2. The maximum Gasteiger partial charge on any atom is 0.0695 e. The lowest BCUT2D eigenvalue weighted by molar-refractivity contribution is 0.344. The van der Waals surface area contributed by atoms with Crippen molar-refractivity contribution in [2.75, 3.05) is 0 Å². The van der Waals surface area contributed by atoms with Crippen LogP contribution in [0, 0.1) is 11.8 Å². The molecule has 1 fully saturated rings. The first-order valence-corrected chi connectivity index (χ1v) is 8.10. The minimum Gasteiger partial charge on any atom is -0.310 e. The Bertz CT molecular complexity index is 561. The fourth-order valence-corrected chi connectivity index (χ4v) is 3.65. The molecule has 0 aliphatic heterocycles. The first-order valence-electron chi connectivity index (χ1n) is 8.10. The van der Waals surface area contributed by atoms with Gasteiger partial charge in [-0.1, -0.05) is 50.6 Å². The summed E-state index contributed by atoms with van der Waals surface area (Å²) in [5.74, 6) is 1.67. The highest BCUT2D eigenvalue weighted by atomic mass is 15.1. The molecular formula is C18H25N3. The summed E-state index contributed by atoms with van der Waals surface area (Å²) < 4.78 is 0. The van der Waals surface area contributed by atoms with Crippen molar-refractivity contribution in [3.8, 4) is 11.3 Å². The largest absolute Gasteiger partial charge is 0.310 e. The number of nitrogens with zero attached hydrogens (tertiary/aromatic N) is 1. The Morgan fingerprint density at radius 3 is 2.76 bits per heavy atom. The van der Waals surface area contributed by atoms with Gasteiger partial charge in [-0.05, 0) is 30.2 Å². The van der Waals surface area contributed by atoms with E-state index in [9.17, 15) is 0 Å². The summed E-state index contributed by atoms with van der Waals surface area (Å²) in [6.07, 6.45) is 5.93. The monoisotopic (exact) mass is 283 g/mol. The minimum absolute atomic E-state index is 0.647. The van der Waals surface area contributed by atoms with Gasteiger partial charge in [0.2, 0.25) is 0 Å². The highest BCUT2D eigenvalue weighted by molar-refractivity contribution is 5.62. The Morgan fingerprint density at radius 1 is 1.24 bits per heavy atom. The van der Waals surface area contributed by atoms with E-state index in [1.807, 2.05) is 12.3 Å². The van der Waals surface area contributed by atoms with Crippen LogP contribution in [0.15, 0.2) is 36.5 Å². The van der Waals surface area contributed by atoms with Gasteiger partial charge in [0.15, 0.2) is 0 Å². The Balaban J connectivity index is 1.66. The lowest BCUT2D eigenvalue weighted by atomic mass is 9.93. The van der Waals surface area contributed by atoms with Crippen molar-refractivity contribution in [1.29, 1.82) is 0 Å². The van der Waals surface area contributed by atoms with Crippen LogP contribution >= 0.6 is 0 Å². The van der Waals surface area contributed by atoms with E-state index in [4.69, 9.17) is 0 Å². The molecule has 1 saturated carbocycles. The van der Waals surface area contributed by atoms with Gasteiger partial charge >= 0.3 is 0 Å². The fourth-order valence-electron chi connectivity index (χ4n) is 3.65. The molecule has 0 spiro atoms. The maximum absolute atomic E-state index is 4.23. The summed E-state index contributed by atoms with van der Waals surface area (Å²) >= 11 is 0. The van der Waals surface area contributed by atoms with Crippen molar-refractivity contribution in [1.82, 2.24) is 15.5 Å². The molecule has 0 radical (unpaired) electrons. The molecule has 0 amide bonds. The molecule has 0 bridgehead atoms. The van der Waals surface area contributed by atoms with E-state index in [1.165, 1.54) is 30.4 Å². The number of rotatable bonds is 5. The van der Waals surface area contributed by atoms with Gasteiger partial charge in [0.05, 0.1) is 11.9 Å². The molecule has 1 aromatic carbocycles. The highest BCUT2D eigenvalue weighted by Gasteiger charge is 2.31. The number of aromatic nitrogens is 2. The van der Waals surface area contributed by atoms with Crippen LogP contribution in [0.25, 0.3) is 11.3 Å². The van der Waals surface area contributed by atoms with Gasteiger partial charge in [-0.25, -0.2) is 0 Å². The summed E-state index contributed by atoms with van der Waals surface area (Å²) in [4.78, 5) is 0. The standard InChI is InChI=1S/C18H25N3/c1-3-14-9-10-17(13(14)2)19-11-16-12-20-21-18(16)15-7-5-4-6-8-15/h4-8,12-14,17,19H,3,9-11H2,1-2H3,(H,20,21). The SMILES string of the molecule is CCC1CCC(NCc2cn[nH]c2-c2ccccc2)C1C. The zero-order valence-corrected chi connectivity index (χ0v) is 13.0. The first kappa shape index (κ1) is 14.3. The van der Waals surface area contributed by atoms with E-state index < -0.39 is 0 Å². The molecule has 3 rings (SSSR count). The Hall–Kier alpha value is -1.61. The molecule has 1 heterocycles. The van der Waals surface area contributed by atoms with Gasteiger partial charge < -0.3 is 5.32 Å². The van der Waals surface area contributed by atoms with E-state index in [0.29, 0.717) is 6.04 Å². The quantitative estimate of drug-likeness (QED) is 0.871. The Kier molecular flexibility index (Phi) is 4.39. The molecule has 3 nitrogen and oxygen atoms in total. The van der Waals surface area contributed by atoms with Gasteiger partial charge in [-0.3, -0.25) is 5.10 Å². The molecular weight excluding hydrogens is 258 g/mol. The van der Waals surface area contributed by atoms with Crippen LogP contribution in [0.4, 0.5) is 0 Å². The third kappa shape index (κ3) is 3.03. The highest BCUT2D eigenvalue weighted by Crippen LogP contribution is 2.34. The van der Waals surface area contributed by atoms with E-state index in [-0.39, 0.29) is 0 Å². The van der Waals surface area contributed by atoms with Crippen molar-refractivity contribution >= 4 is 0 Å². The smallest absolute Gasteiger partial charge is 0.0695 e. The van der Waals surface area contributed by atoms with Gasteiger partial charge in [-0.2, -0.15) is 5.10 Å². The number of aromatic amines is 1. The van der Waals surface area contributed by atoms with E-state index >= 15 is 0 Å². The van der Waals surface area contributed by atoms with E-state index in [2.05, 4.69) is 53.6 Å². The third-order valence-corrected chi connectivity index (χ3v) is 5.09.